The van der Waals surface area contributed by atoms with E-state index in [1.165, 1.54) is 5.56 Å². The van der Waals surface area contributed by atoms with Crippen molar-refractivity contribution in [1.82, 2.24) is 4.90 Å². The fourth-order valence-corrected chi connectivity index (χ4v) is 2.82. The number of rotatable bonds is 6. The molecule has 1 heterocycles. The number of aryl methyl sites for hydroxylation is 1. The second-order valence-electron chi connectivity index (χ2n) is 5.76. The summed E-state index contributed by atoms with van der Waals surface area (Å²) in [5.41, 5.74) is 7.32. The van der Waals surface area contributed by atoms with E-state index in [0.29, 0.717) is 13.0 Å². The molecular formula is C17H26N2O2. The molecule has 2 N–H and O–H groups in total. The molecule has 116 valence electrons. The van der Waals surface area contributed by atoms with Gasteiger partial charge in [-0.3, -0.25) is 4.79 Å². The zero-order chi connectivity index (χ0) is 15.1. The first-order valence-corrected chi connectivity index (χ1v) is 7.81. The highest BCUT2D eigenvalue weighted by molar-refractivity contribution is 5.76. The van der Waals surface area contributed by atoms with Gasteiger partial charge < -0.3 is 15.4 Å². The quantitative estimate of drug-likeness (QED) is 0.815. The van der Waals surface area contributed by atoms with Crippen LogP contribution in [0.3, 0.4) is 0 Å². The lowest BCUT2D eigenvalue weighted by molar-refractivity contribution is -0.135. The standard InChI is InChI=1S/C17H26N2O2/c1-21-16-13-19(12-11-15(16)18)17(20)10-6-5-9-14-7-3-2-4-8-14/h2-4,7-8,15-16H,5-6,9-13,18H2,1H3/t15-,16+/m1/s1. The van der Waals surface area contributed by atoms with Crippen LogP contribution in [-0.4, -0.2) is 43.2 Å². The number of unbranched alkanes of at least 4 members (excludes halogenated alkanes) is 1. The number of carbonyl (C=O) groups excluding carboxylic acids is 1. The van der Waals surface area contributed by atoms with Crippen LogP contribution in [0, 0.1) is 0 Å². The van der Waals surface area contributed by atoms with Crippen molar-refractivity contribution < 1.29 is 9.53 Å². The van der Waals surface area contributed by atoms with Crippen LogP contribution < -0.4 is 5.73 Å². The van der Waals surface area contributed by atoms with E-state index in [1.807, 2.05) is 11.0 Å². The van der Waals surface area contributed by atoms with E-state index in [4.69, 9.17) is 10.5 Å². The third-order valence-electron chi connectivity index (χ3n) is 4.21. The van der Waals surface area contributed by atoms with Gasteiger partial charge in [0, 0.05) is 32.7 Å². The summed E-state index contributed by atoms with van der Waals surface area (Å²) < 4.78 is 5.35. The molecule has 21 heavy (non-hydrogen) atoms. The molecule has 1 fully saturated rings. The predicted molar refractivity (Wildman–Crippen MR) is 84.0 cm³/mol. The van der Waals surface area contributed by atoms with Crippen molar-refractivity contribution in [2.24, 2.45) is 5.73 Å². The number of nitrogens with two attached hydrogens (primary N) is 1. The van der Waals surface area contributed by atoms with Crippen molar-refractivity contribution in [1.29, 1.82) is 0 Å². The Morgan fingerprint density at radius 2 is 2.10 bits per heavy atom. The number of hydrogen-bond donors (Lipinski definition) is 1. The molecule has 0 bridgehead atoms. The molecule has 4 heteroatoms. The smallest absolute Gasteiger partial charge is 0.222 e. The maximum atomic E-state index is 12.2. The Morgan fingerprint density at radius 1 is 1.33 bits per heavy atom. The minimum atomic E-state index is -0.0213. The Balaban J connectivity index is 1.67. The first-order chi connectivity index (χ1) is 10.2. The number of hydrogen-bond acceptors (Lipinski definition) is 3. The highest BCUT2D eigenvalue weighted by atomic mass is 16.5. The van der Waals surface area contributed by atoms with Gasteiger partial charge in [-0.15, -0.1) is 0 Å². The van der Waals surface area contributed by atoms with Crippen LogP contribution in [0.1, 0.15) is 31.2 Å². The number of methoxy groups -OCH3 is 1. The minimum Gasteiger partial charge on any atom is -0.378 e. The summed E-state index contributed by atoms with van der Waals surface area (Å²) in [5, 5.41) is 0. The van der Waals surface area contributed by atoms with Gasteiger partial charge in [-0.25, -0.2) is 0 Å². The maximum absolute atomic E-state index is 12.2. The number of likely N-dealkylation sites (tertiary alicyclic amines) is 1. The fraction of sp³-hybridized carbons (Fsp3) is 0.588. The van der Waals surface area contributed by atoms with Gasteiger partial charge in [0.1, 0.15) is 0 Å². The number of piperidine rings is 1. The number of benzene rings is 1. The Labute approximate surface area is 127 Å². The van der Waals surface area contributed by atoms with Gasteiger partial charge >= 0.3 is 0 Å². The number of ether oxygens (including phenoxy) is 1. The van der Waals surface area contributed by atoms with E-state index >= 15 is 0 Å². The summed E-state index contributed by atoms with van der Waals surface area (Å²) in [4.78, 5) is 14.1. The van der Waals surface area contributed by atoms with Crippen LogP contribution in [-0.2, 0) is 16.0 Å². The van der Waals surface area contributed by atoms with E-state index in [0.717, 1.165) is 32.2 Å². The Bertz CT molecular complexity index is 436. The van der Waals surface area contributed by atoms with Crippen LogP contribution >= 0.6 is 0 Å². The third-order valence-corrected chi connectivity index (χ3v) is 4.21. The lowest BCUT2D eigenvalue weighted by Crippen LogP contribution is -2.53. The molecule has 2 atom stereocenters. The van der Waals surface area contributed by atoms with Crippen LogP contribution in [0.5, 0.6) is 0 Å². The van der Waals surface area contributed by atoms with E-state index in [9.17, 15) is 4.79 Å². The maximum Gasteiger partial charge on any atom is 0.222 e. The highest BCUT2D eigenvalue weighted by Gasteiger charge is 2.28. The highest BCUT2D eigenvalue weighted by Crippen LogP contribution is 2.14. The topological polar surface area (TPSA) is 55.6 Å². The average Bonchev–Trinajstić information content (AvgIpc) is 2.53. The molecule has 1 saturated heterocycles. The molecule has 4 nitrogen and oxygen atoms in total. The number of carbonyl (C=O) groups is 1. The van der Waals surface area contributed by atoms with Crippen LogP contribution in [0.2, 0.25) is 0 Å². The average molecular weight is 290 g/mol. The summed E-state index contributed by atoms with van der Waals surface area (Å²) in [6, 6.07) is 10.5. The van der Waals surface area contributed by atoms with E-state index in [-0.39, 0.29) is 18.1 Å². The van der Waals surface area contributed by atoms with Crippen molar-refractivity contribution in [3.05, 3.63) is 35.9 Å². The van der Waals surface area contributed by atoms with Gasteiger partial charge in [-0.2, -0.15) is 0 Å². The molecule has 0 aromatic heterocycles. The number of amides is 1. The molecule has 2 rings (SSSR count). The zero-order valence-corrected chi connectivity index (χ0v) is 12.8. The molecule has 1 aliphatic rings. The lowest BCUT2D eigenvalue weighted by atomic mass is 10.0. The molecule has 0 spiro atoms. The van der Waals surface area contributed by atoms with Gasteiger partial charge in [0.2, 0.25) is 5.91 Å². The molecule has 1 amide bonds. The summed E-state index contributed by atoms with van der Waals surface area (Å²) in [7, 11) is 1.67. The fourth-order valence-electron chi connectivity index (χ4n) is 2.82. The Morgan fingerprint density at radius 3 is 2.81 bits per heavy atom. The SMILES string of the molecule is CO[C@H]1CN(C(=O)CCCCc2ccccc2)CC[C@H]1N. The van der Waals surface area contributed by atoms with E-state index < -0.39 is 0 Å². The van der Waals surface area contributed by atoms with E-state index in [2.05, 4.69) is 24.3 Å². The lowest BCUT2D eigenvalue weighted by Gasteiger charge is -2.36. The zero-order valence-electron chi connectivity index (χ0n) is 12.8. The van der Waals surface area contributed by atoms with Crippen molar-refractivity contribution in [3.63, 3.8) is 0 Å². The minimum absolute atomic E-state index is 0.0213. The van der Waals surface area contributed by atoms with Crippen molar-refractivity contribution in [2.75, 3.05) is 20.2 Å². The molecule has 1 aliphatic heterocycles. The normalized spacial score (nSPS) is 22.3. The van der Waals surface area contributed by atoms with E-state index in [1.54, 1.807) is 7.11 Å². The van der Waals surface area contributed by atoms with Gasteiger partial charge in [-0.05, 0) is 31.2 Å². The molecule has 0 saturated carbocycles. The largest absolute Gasteiger partial charge is 0.378 e. The molecule has 1 aromatic rings. The van der Waals surface area contributed by atoms with Crippen LogP contribution in [0.25, 0.3) is 0 Å². The van der Waals surface area contributed by atoms with Gasteiger partial charge in [0.25, 0.3) is 0 Å². The second kappa shape index (κ2) is 8.15. The van der Waals surface area contributed by atoms with Crippen LogP contribution in [0.4, 0.5) is 0 Å². The molecule has 0 aliphatic carbocycles. The van der Waals surface area contributed by atoms with Gasteiger partial charge in [0.05, 0.1) is 6.10 Å². The molecule has 1 aromatic carbocycles. The van der Waals surface area contributed by atoms with Gasteiger partial charge in [0.15, 0.2) is 0 Å². The summed E-state index contributed by atoms with van der Waals surface area (Å²) in [6.45, 7) is 1.40. The summed E-state index contributed by atoms with van der Waals surface area (Å²) >= 11 is 0. The molecule has 0 radical (unpaired) electrons. The van der Waals surface area contributed by atoms with Crippen molar-refractivity contribution >= 4 is 5.91 Å². The first kappa shape index (κ1) is 16.0. The monoisotopic (exact) mass is 290 g/mol. The second-order valence-corrected chi connectivity index (χ2v) is 5.76. The molecule has 0 unspecified atom stereocenters. The summed E-state index contributed by atoms with van der Waals surface area (Å²) in [6.07, 6.45) is 4.46. The molecular weight excluding hydrogens is 264 g/mol. The first-order valence-electron chi connectivity index (χ1n) is 7.81. The van der Waals surface area contributed by atoms with Crippen molar-refractivity contribution in [3.8, 4) is 0 Å². The van der Waals surface area contributed by atoms with Crippen LogP contribution in [0.15, 0.2) is 30.3 Å². The number of nitrogens with zero attached hydrogens (tertiary/aromatic N) is 1. The Kier molecular flexibility index (Phi) is 6.21. The predicted octanol–water partition coefficient (Wildman–Crippen LogP) is 1.97. The van der Waals surface area contributed by atoms with Gasteiger partial charge in [-0.1, -0.05) is 30.3 Å². The Hall–Kier alpha value is -1.39. The third kappa shape index (κ3) is 4.83. The summed E-state index contributed by atoms with van der Waals surface area (Å²) in [5.74, 6) is 0.233. The van der Waals surface area contributed by atoms with Crippen molar-refractivity contribution in [2.45, 2.75) is 44.2 Å².